The smallest absolute Gasteiger partial charge is 0.326 e. The lowest BCUT2D eigenvalue weighted by molar-refractivity contribution is -0.139. The first kappa shape index (κ1) is 16.3. The maximum atomic E-state index is 11.9. The molecule has 3 amide bonds. The van der Waals surface area contributed by atoms with E-state index in [-0.39, 0.29) is 12.8 Å². The lowest BCUT2D eigenvalue weighted by atomic mass is 10.1. The quantitative estimate of drug-likeness (QED) is 0.633. The second kappa shape index (κ2) is 7.72. The van der Waals surface area contributed by atoms with E-state index in [1.165, 1.54) is 17.7 Å². The van der Waals surface area contributed by atoms with Crippen molar-refractivity contribution in [3.8, 4) is 0 Å². The molecular formula is C13H23N3O4. The minimum absolute atomic E-state index is 0.00761. The van der Waals surface area contributed by atoms with Crippen LogP contribution in [0.1, 0.15) is 38.5 Å². The maximum Gasteiger partial charge on any atom is 0.326 e. The Morgan fingerprint density at radius 3 is 2.45 bits per heavy atom. The molecule has 0 bridgehead atoms. The first-order valence-electron chi connectivity index (χ1n) is 6.93. The lowest BCUT2D eigenvalue weighted by Crippen LogP contribution is -2.47. The number of carbonyl (C=O) groups is 3. The van der Waals surface area contributed by atoms with Crippen molar-refractivity contribution in [1.82, 2.24) is 10.2 Å². The van der Waals surface area contributed by atoms with Gasteiger partial charge in [0.2, 0.25) is 5.91 Å². The predicted octanol–water partition coefficient (Wildman–Crippen LogP) is 0.537. The summed E-state index contributed by atoms with van der Waals surface area (Å²) in [6.07, 6.45) is 4.55. The summed E-state index contributed by atoms with van der Waals surface area (Å²) in [5.74, 6) is -1.24. The monoisotopic (exact) mass is 285 g/mol. The number of carboxylic acids is 1. The highest BCUT2D eigenvalue weighted by molar-refractivity contribution is 5.83. The van der Waals surface area contributed by atoms with E-state index in [1.54, 1.807) is 7.05 Å². The third kappa shape index (κ3) is 5.46. The van der Waals surface area contributed by atoms with Gasteiger partial charge in [-0.2, -0.15) is 0 Å². The van der Waals surface area contributed by atoms with Gasteiger partial charge in [-0.25, -0.2) is 9.59 Å². The first-order chi connectivity index (χ1) is 9.40. The summed E-state index contributed by atoms with van der Waals surface area (Å²) in [6.45, 7) is 0.633. The van der Waals surface area contributed by atoms with Crippen LogP contribution < -0.4 is 11.1 Å². The number of nitrogens with zero attached hydrogens (tertiary/aromatic N) is 1. The van der Waals surface area contributed by atoms with Crippen molar-refractivity contribution in [2.45, 2.75) is 44.6 Å². The summed E-state index contributed by atoms with van der Waals surface area (Å²) >= 11 is 0. The van der Waals surface area contributed by atoms with Crippen molar-refractivity contribution in [2.24, 2.45) is 11.7 Å². The van der Waals surface area contributed by atoms with E-state index in [0.29, 0.717) is 12.5 Å². The Balaban J connectivity index is 2.42. The molecule has 7 heteroatoms. The molecule has 1 rings (SSSR count). The van der Waals surface area contributed by atoms with Gasteiger partial charge in [-0.05, 0) is 25.2 Å². The molecule has 0 aromatic carbocycles. The number of aliphatic carboxylic acids is 1. The van der Waals surface area contributed by atoms with Crippen LogP contribution in [-0.2, 0) is 9.59 Å². The van der Waals surface area contributed by atoms with Gasteiger partial charge < -0.3 is 21.1 Å². The van der Waals surface area contributed by atoms with E-state index in [4.69, 9.17) is 10.8 Å². The Morgan fingerprint density at radius 1 is 1.35 bits per heavy atom. The van der Waals surface area contributed by atoms with Crippen molar-refractivity contribution in [3.05, 3.63) is 0 Å². The van der Waals surface area contributed by atoms with Gasteiger partial charge in [0.05, 0.1) is 0 Å². The Kier molecular flexibility index (Phi) is 6.27. The van der Waals surface area contributed by atoms with Crippen molar-refractivity contribution in [1.29, 1.82) is 0 Å². The van der Waals surface area contributed by atoms with Crippen LogP contribution in [-0.4, -0.2) is 47.5 Å². The molecule has 0 saturated heterocycles. The summed E-state index contributed by atoms with van der Waals surface area (Å²) in [7, 11) is 1.65. The summed E-state index contributed by atoms with van der Waals surface area (Å²) in [6, 6.07) is -1.50. The molecule has 1 aliphatic rings. The molecule has 114 valence electrons. The SMILES string of the molecule is CN(CC1CCCC1)C(=O)N[C@H](CCC(N)=O)C(=O)O. The molecule has 1 aliphatic carbocycles. The van der Waals surface area contributed by atoms with Crippen molar-refractivity contribution in [3.63, 3.8) is 0 Å². The molecule has 0 aromatic rings. The molecule has 0 heterocycles. The van der Waals surface area contributed by atoms with Crippen LogP contribution >= 0.6 is 0 Å². The number of nitrogens with one attached hydrogen (secondary N) is 1. The number of nitrogens with two attached hydrogens (primary N) is 1. The van der Waals surface area contributed by atoms with Crippen molar-refractivity contribution >= 4 is 17.9 Å². The number of carboxylic acid groups (broad SMARTS) is 1. The highest BCUT2D eigenvalue weighted by Gasteiger charge is 2.24. The standard InChI is InChI=1S/C13H23N3O4/c1-16(8-9-4-2-3-5-9)13(20)15-10(12(18)19)6-7-11(14)17/h9-10H,2-8H2,1H3,(H2,14,17)(H,15,20)(H,18,19)/t10-/m1/s1. The molecule has 0 aliphatic heterocycles. The van der Waals surface area contributed by atoms with E-state index in [2.05, 4.69) is 5.32 Å². The molecule has 4 N–H and O–H groups in total. The topological polar surface area (TPSA) is 113 Å². The van der Waals surface area contributed by atoms with Crippen LogP contribution in [0.25, 0.3) is 0 Å². The van der Waals surface area contributed by atoms with Crippen molar-refractivity contribution < 1.29 is 19.5 Å². The summed E-state index contributed by atoms with van der Waals surface area (Å²) in [5.41, 5.74) is 4.99. The minimum Gasteiger partial charge on any atom is -0.480 e. The lowest BCUT2D eigenvalue weighted by Gasteiger charge is -2.23. The van der Waals surface area contributed by atoms with Crippen LogP contribution in [0.15, 0.2) is 0 Å². The predicted molar refractivity (Wildman–Crippen MR) is 73.0 cm³/mol. The van der Waals surface area contributed by atoms with Gasteiger partial charge in [-0.1, -0.05) is 12.8 Å². The number of hydrogen-bond donors (Lipinski definition) is 3. The minimum atomic E-state index is -1.16. The number of hydrogen-bond acceptors (Lipinski definition) is 3. The molecule has 0 spiro atoms. The van der Waals surface area contributed by atoms with Crippen LogP contribution in [0.5, 0.6) is 0 Å². The number of amides is 3. The molecule has 0 aromatic heterocycles. The van der Waals surface area contributed by atoms with Gasteiger partial charge in [-0.3, -0.25) is 4.79 Å². The highest BCUT2D eigenvalue weighted by atomic mass is 16.4. The van der Waals surface area contributed by atoms with E-state index >= 15 is 0 Å². The molecule has 1 atom stereocenters. The zero-order valence-electron chi connectivity index (χ0n) is 11.8. The fraction of sp³-hybridized carbons (Fsp3) is 0.769. The molecule has 0 radical (unpaired) electrons. The van der Waals surface area contributed by atoms with E-state index < -0.39 is 23.9 Å². The molecule has 20 heavy (non-hydrogen) atoms. The largest absolute Gasteiger partial charge is 0.480 e. The molecular weight excluding hydrogens is 262 g/mol. The van der Waals surface area contributed by atoms with Crippen LogP contribution in [0.3, 0.4) is 0 Å². The number of rotatable bonds is 7. The van der Waals surface area contributed by atoms with E-state index in [9.17, 15) is 14.4 Å². The van der Waals surface area contributed by atoms with Gasteiger partial charge in [0.25, 0.3) is 0 Å². The average molecular weight is 285 g/mol. The Bertz CT molecular complexity index is 367. The molecule has 7 nitrogen and oxygen atoms in total. The zero-order chi connectivity index (χ0) is 15.1. The second-order valence-electron chi connectivity index (χ2n) is 5.38. The van der Waals surface area contributed by atoms with Gasteiger partial charge in [-0.15, -0.1) is 0 Å². The van der Waals surface area contributed by atoms with Crippen LogP contribution in [0, 0.1) is 5.92 Å². The van der Waals surface area contributed by atoms with Crippen LogP contribution in [0.4, 0.5) is 4.79 Å². The highest BCUT2D eigenvalue weighted by Crippen LogP contribution is 2.25. The molecule has 0 unspecified atom stereocenters. The number of carbonyl (C=O) groups excluding carboxylic acids is 2. The van der Waals surface area contributed by atoms with Crippen molar-refractivity contribution in [2.75, 3.05) is 13.6 Å². The van der Waals surface area contributed by atoms with Gasteiger partial charge in [0.15, 0.2) is 0 Å². The van der Waals surface area contributed by atoms with Gasteiger partial charge in [0.1, 0.15) is 6.04 Å². The second-order valence-corrected chi connectivity index (χ2v) is 5.38. The van der Waals surface area contributed by atoms with Gasteiger partial charge in [0, 0.05) is 20.0 Å². The Labute approximate surface area is 118 Å². The maximum absolute atomic E-state index is 11.9. The normalized spacial score (nSPS) is 16.6. The molecule has 1 fully saturated rings. The fourth-order valence-corrected chi connectivity index (χ4v) is 2.47. The fourth-order valence-electron chi connectivity index (χ4n) is 2.47. The van der Waals surface area contributed by atoms with E-state index in [0.717, 1.165) is 12.8 Å². The average Bonchev–Trinajstić information content (AvgIpc) is 2.86. The summed E-state index contributed by atoms with van der Waals surface area (Å²) in [5, 5.41) is 11.4. The first-order valence-corrected chi connectivity index (χ1v) is 6.93. The number of urea groups is 1. The molecule has 1 saturated carbocycles. The zero-order valence-corrected chi connectivity index (χ0v) is 11.8. The van der Waals surface area contributed by atoms with Gasteiger partial charge >= 0.3 is 12.0 Å². The third-order valence-electron chi connectivity index (χ3n) is 3.63. The van der Waals surface area contributed by atoms with E-state index in [1.807, 2.05) is 0 Å². The summed E-state index contributed by atoms with van der Waals surface area (Å²) in [4.78, 5) is 35.1. The van der Waals surface area contributed by atoms with Crippen LogP contribution in [0.2, 0.25) is 0 Å². The Hall–Kier alpha value is -1.79. The number of primary amides is 1. The summed E-state index contributed by atoms with van der Waals surface area (Å²) < 4.78 is 0. The Morgan fingerprint density at radius 2 is 1.95 bits per heavy atom. The third-order valence-corrected chi connectivity index (χ3v) is 3.63.